The molecule has 1 saturated heterocycles. The van der Waals surface area contributed by atoms with Crippen molar-refractivity contribution in [3.8, 4) is 0 Å². The molecule has 3 heterocycles. The van der Waals surface area contributed by atoms with Crippen molar-refractivity contribution in [2.24, 2.45) is 0 Å². The zero-order chi connectivity index (χ0) is 14.3. The molecule has 2 aromatic heterocycles. The lowest BCUT2D eigenvalue weighted by atomic mass is 10.0. The minimum absolute atomic E-state index is 0.144. The van der Waals surface area contributed by atoms with Crippen LogP contribution >= 0.6 is 11.8 Å². The molecule has 7 nitrogen and oxygen atoms in total. The van der Waals surface area contributed by atoms with E-state index >= 15 is 0 Å². The van der Waals surface area contributed by atoms with Gasteiger partial charge in [-0.1, -0.05) is 0 Å². The minimum Gasteiger partial charge on any atom is -0.389 e. The summed E-state index contributed by atoms with van der Waals surface area (Å²) in [6.07, 6.45) is 3.45. The lowest BCUT2D eigenvalue weighted by Gasteiger charge is -2.14. The van der Waals surface area contributed by atoms with Crippen molar-refractivity contribution in [2.45, 2.75) is 24.3 Å². The summed E-state index contributed by atoms with van der Waals surface area (Å²) in [5, 5.41) is 23.6. The molecule has 1 fully saturated rings. The Bertz CT molecular complexity index is 619. The third-order valence-electron chi connectivity index (χ3n) is 3.70. The van der Waals surface area contributed by atoms with Gasteiger partial charge in [-0.25, -0.2) is 9.97 Å². The van der Waals surface area contributed by atoms with Crippen LogP contribution in [-0.2, 0) is 0 Å². The summed E-state index contributed by atoms with van der Waals surface area (Å²) in [7, 11) is 0. The average Bonchev–Trinajstić information content (AvgIpc) is 2.97. The summed E-state index contributed by atoms with van der Waals surface area (Å²) in [4.78, 5) is 11.2. The van der Waals surface area contributed by atoms with E-state index < -0.39 is 12.2 Å². The zero-order valence-electron chi connectivity index (χ0n) is 10.9. The highest BCUT2D eigenvalue weighted by molar-refractivity contribution is 7.98. The molecule has 0 bridgehead atoms. The molecule has 0 aliphatic carbocycles. The topological polar surface area (TPSA) is 120 Å². The minimum atomic E-state index is -0.873. The number of hydrogen-bond donors (Lipinski definition) is 5. The van der Waals surface area contributed by atoms with Crippen LogP contribution in [0.2, 0.25) is 0 Å². The van der Waals surface area contributed by atoms with E-state index in [-0.39, 0.29) is 12.1 Å². The Hall–Kier alpha value is -1.35. The van der Waals surface area contributed by atoms with E-state index in [2.05, 4.69) is 20.3 Å². The van der Waals surface area contributed by atoms with Gasteiger partial charge in [0.25, 0.3) is 0 Å². The van der Waals surface area contributed by atoms with Gasteiger partial charge in [0, 0.05) is 23.6 Å². The maximum absolute atomic E-state index is 10.2. The molecule has 3 rings (SSSR count). The van der Waals surface area contributed by atoms with Crippen molar-refractivity contribution in [1.82, 2.24) is 20.3 Å². The summed E-state index contributed by atoms with van der Waals surface area (Å²) in [6, 6.07) is -0.515. The number of nitrogens with two attached hydrogens (primary N) is 1. The first-order valence-corrected chi connectivity index (χ1v) is 7.71. The van der Waals surface area contributed by atoms with Gasteiger partial charge in [-0.2, -0.15) is 11.8 Å². The molecule has 6 N–H and O–H groups in total. The number of H-pyrrole nitrogens is 1. The van der Waals surface area contributed by atoms with Crippen molar-refractivity contribution in [3.05, 3.63) is 18.1 Å². The number of aliphatic hydroxyl groups excluding tert-OH is 2. The van der Waals surface area contributed by atoms with Crippen molar-refractivity contribution >= 4 is 28.6 Å². The summed E-state index contributed by atoms with van der Waals surface area (Å²) in [6.45, 7) is 0. The normalized spacial score (nSPS) is 30.1. The lowest BCUT2D eigenvalue weighted by Crippen LogP contribution is -2.34. The van der Waals surface area contributed by atoms with Crippen LogP contribution in [0.1, 0.15) is 11.6 Å². The molecule has 0 aromatic carbocycles. The van der Waals surface area contributed by atoms with Gasteiger partial charge >= 0.3 is 0 Å². The molecule has 4 atom stereocenters. The van der Waals surface area contributed by atoms with Gasteiger partial charge < -0.3 is 26.2 Å². The molecule has 20 heavy (non-hydrogen) atoms. The molecule has 2 aromatic rings. The number of hydrogen-bond acceptors (Lipinski definition) is 7. The van der Waals surface area contributed by atoms with Crippen LogP contribution in [0.4, 0.5) is 5.82 Å². The third-order valence-corrected chi connectivity index (χ3v) is 4.39. The van der Waals surface area contributed by atoms with Gasteiger partial charge in [-0.05, 0) is 6.26 Å². The van der Waals surface area contributed by atoms with Crippen LogP contribution in [0.15, 0.2) is 12.5 Å². The molecule has 1 aliphatic heterocycles. The standard InChI is InChI=1S/C12H17N5O2S/c1-20-3-6-10(18)11(19)8(17-6)5-2-14-9-7(5)15-4-16-12(9)13/h2,4,6,8,10-11,14,17-19H,3H2,1H3,(H2,13,15,16)/t6?,8?,10-,11+/m1/s1. The number of aromatic nitrogens is 3. The van der Waals surface area contributed by atoms with Crippen LogP contribution in [-0.4, -0.2) is 55.4 Å². The van der Waals surface area contributed by atoms with Gasteiger partial charge in [-0.15, -0.1) is 0 Å². The molecule has 0 radical (unpaired) electrons. The highest BCUT2D eigenvalue weighted by Gasteiger charge is 2.42. The van der Waals surface area contributed by atoms with E-state index in [0.29, 0.717) is 16.9 Å². The van der Waals surface area contributed by atoms with Gasteiger partial charge in [-0.3, -0.25) is 0 Å². The number of nitrogens with zero attached hydrogens (tertiary/aromatic N) is 2. The fraction of sp³-hybridized carbons (Fsp3) is 0.500. The third kappa shape index (κ3) is 2.05. The second kappa shape index (κ2) is 5.21. The molecule has 0 spiro atoms. The first-order chi connectivity index (χ1) is 9.63. The molecular formula is C12H17N5O2S. The Kier molecular flexibility index (Phi) is 3.55. The number of anilines is 1. The Morgan fingerprint density at radius 1 is 1.35 bits per heavy atom. The number of fused-ring (bicyclic) bond motifs is 1. The van der Waals surface area contributed by atoms with Gasteiger partial charge in [0.15, 0.2) is 5.82 Å². The molecule has 0 saturated carbocycles. The first-order valence-electron chi connectivity index (χ1n) is 6.32. The van der Waals surface area contributed by atoms with Crippen molar-refractivity contribution in [3.63, 3.8) is 0 Å². The van der Waals surface area contributed by atoms with Crippen LogP contribution in [0, 0.1) is 0 Å². The SMILES string of the molecule is CSCC1NC(c2c[nH]c3c(N)ncnc23)[C@H](O)[C@@H]1O. The van der Waals surface area contributed by atoms with E-state index in [0.717, 1.165) is 11.3 Å². The fourth-order valence-electron chi connectivity index (χ4n) is 2.68. The van der Waals surface area contributed by atoms with Crippen molar-refractivity contribution < 1.29 is 10.2 Å². The van der Waals surface area contributed by atoms with Gasteiger partial charge in [0.05, 0.1) is 17.7 Å². The van der Waals surface area contributed by atoms with Crippen molar-refractivity contribution in [2.75, 3.05) is 17.7 Å². The molecule has 108 valence electrons. The van der Waals surface area contributed by atoms with Gasteiger partial charge in [0.1, 0.15) is 17.9 Å². The van der Waals surface area contributed by atoms with Crippen LogP contribution in [0.5, 0.6) is 0 Å². The molecule has 1 aliphatic rings. The highest BCUT2D eigenvalue weighted by atomic mass is 32.2. The Labute approximate surface area is 120 Å². The highest BCUT2D eigenvalue weighted by Crippen LogP contribution is 2.33. The number of rotatable bonds is 3. The van der Waals surface area contributed by atoms with E-state index in [1.165, 1.54) is 6.33 Å². The number of nitrogen functional groups attached to an aromatic ring is 1. The average molecular weight is 295 g/mol. The maximum Gasteiger partial charge on any atom is 0.151 e. The summed E-state index contributed by atoms with van der Waals surface area (Å²) in [5.41, 5.74) is 7.91. The first kappa shape index (κ1) is 13.6. The fourth-order valence-corrected chi connectivity index (χ4v) is 3.33. The van der Waals surface area contributed by atoms with E-state index in [1.807, 2.05) is 6.26 Å². The predicted molar refractivity (Wildman–Crippen MR) is 78.4 cm³/mol. The quantitative estimate of drug-likeness (QED) is 0.524. The van der Waals surface area contributed by atoms with E-state index in [9.17, 15) is 10.2 Å². The van der Waals surface area contributed by atoms with Crippen LogP contribution in [0.25, 0.3) is 11.0 Å². The van der Waals surface area contributed by atoms with E-state index in [4.69, 9.17) is 5.73 Å². The Morgan fingerprint density at radius 2 is 2.15 bits per heavy atom. The summed E-state index contributed by atoms with van der Waals surface area (Å²) < 4.78 is 0. The molecule has 2 unspecified atom stereocenters. The number of aromatic amines is 1. The second-order valence-corrected chi connectivity index (χ2v) is 5.82. The van der Waals surface area contributed by atoms with E-state index in [1.54, 1.807) is 18.0 Å². The summed E-state index contributed by atoms with van der Waals surface area (Å²) >= 11 is 1.62. The predicted octanol–water partition coefficient (Wildman–Crippen LogP) is -0.362. The second-order valence-electron chi connectivity index (χ2n) is 4.91. The number of nitrogens with one attached hydrogen (secondary N) is 2. The largest absolute Gasteiger partial charge is 0.389 e. The Balaban J connectivity index is 1.97. The number of thioether (sulfide) groups is 1. The molecular weight excluding hydrogens is 278 g/mol. The van der Waals surface area contributed by atoms with Crippen molar-refractivity contribution in [1.29, 1.82) is 0 Å². The zero-order valence-corrected chi connectivity index (χ0v) is 11.8. The smallest absolute Gasteiger partial charge is 0.151 e. The molecule has 0 amide bonds. The number of aliphatic hydroxyl groups is 2. The van der Waals surface area contributed by atoms with Crippen LogP contribution in [0.3, 0.4) is 0 Å². The Morgan fingerprint density at radius 3 is 2.90 bits per heavy atom. The van der Waals surface area contributed by atoms with Gasteiger partial charge in [0.2, 0.25) is 0 Å². The maximum atomic E-state index is 10.2. The van der Waals surface area contributed by atoms with Crippen LogP contribution < -0.4 is 11.1 Å². The summed E-state index contributed by atoms with van der Waals surface area (Å²) in [5.74, 6) is 1.10. The molecule has 8 heteroatoms. The monoisotopic (exact) mass is 295 g/mol. The lowest BCUT2D eigenvalue weighted by molar-refractivity contribution is 0.0308.